The Kier molecular flexibility index (Phi) is 4.24. The average Bonchev–Trinajstić information content (AvgIpc) is 3.22. The minimum absolute atomic E-state index is 0.0905. The van der Waals surface area contributed by atoms with Crippen LogP contribution in [0.1, 0.15) is 17.0 Å². The fraction of sp³-hybridized carbons (Fsp3) is 0.190. The summed E-state index contributed by atoms with van der Waals surface area (Å²) in [5, 5.41) is 12.0. The van der Waals surface area contributed by atoms with Crippen LogP contribution >= 0.6 is 0 Å². The van der Waals surface area contributed by atoms with E-state index in [0.29, 0.717) is 11.8 Å². The average molecular weight is 360 g/mol. The summed E-state index contributed by atoms with van der Waals surface area (Å²) < 4.78 is 7.48. The second-order valence-electron chi connectivity index (χ2n) is 6.66. The molecular formula is C21H20N4O2. The van der Waals surface area contributed by atoms with Crippen molar-refractivity contribution in [2.24, 2.45) is 0 Å². The minimum Gasteiger partial charge on any atom is -0.421 e. The number of carbonyl (C=O) groups is 1. The van der Waals surface area contributed by atoms with Crippen molar-refractivity contribution < 1.29 is 9.21 Å². The quantitative estimate of drug-likeness (QED) is 0.590. The second-order valence-corrected chi connectivity index (χ2v) is 6.66. The number of rotatable bonds is 4. The van der Waals surface area contributed by atoms with E-state index in [1.807, 2.05) is 67.1 Å². The molecule has 1 N–H and O–H groups in total. The van der Waals surface area contributed by atoms with Crippen molar-refractivity contribution >= 4 is 22.5 Å². The molecule has 2 heterocycles. The number of aryl methyl sites for hydroxylation is 3. The molecule has 6 heteroatoms. The zero-order chi connectivity index (χ0) is 19.0. The molecular weight excluding hydrogens is 340 g/mol. The first-order chi connectivity index (χ1) is 13.0. The summed E-state index contributed by atoms with van der Waals surface area (Å²) in [6.07, 6.45) is 1.89. The third kappa shape index (κ3) is 3.33. The van der Waals surface area contributed by atoms with E-state index >= 15 is 0 Å². The molecule has 0 spiro atoms. The van der Waals surface area contributed by atoms with E-state index in [-0.39, 0.29) is 12.5 Å². The van der Waals surface area contributed by atoms with Gasteiger partial charge in [-0.1, -0.05) is 24.3 Å². The van der Waals surface area contributed by atoms with E-state index in [4.69, 9.17) is 4.42 Å². The van der Waals surface area contributed by atoms with Gasteiger partial charge in [0.1, 0.15) is 6.54 Å². The number of nitrogens with zero attached hydrogens (tertiary/aromatic N) is 3. The van der Waals surface area contributed by atoms with Gasteiger partial charge in [0, 0.05) is 29.7 Å². The number of benzene rings is 2. The fourth-order valence-electron chi connectivity index (χ4n) is 3.13. The van der Waals surface area contributed by atoms with Gasteiger partial charge in [-0.2, -0.15) is 0 Å². The van der Waals surface area contributed by atoms with Crippen molar-refractivity contribution in [3.63, 3.8) is 0 Å². The second kappa shape index (κ2) is 6.72. The highest BCUT2D eigenvalue weighted by Gasteiger charge is 2.16. The van der Waals surface area contributed by atoms with Crippen LogP contribution in [0.25, 0.3) is 22.4 Å². The molecule has 136 valence electrons. The third-order valence-electron chi connectivity index (χ3n) is 4.65. The summed E-state index contributed by atoms with van der Waals surface area (Å²) in [5.74, 6) is 0.874. The van der Waals surface area contributed by atoms with Crippen molar-refractivity contribution in [3.8, 4) is 11.5 Å². The lowest BCUT2D eigenvalue weighted by Crippen LogP contribution is -2.18. The van der Waals surface area contributed by atoms with E-state index in [9.17, 15) is 4.79 Å². The van der Waals surface area contributed by atoms with Crippen LogP contribution < -0.4 is 5.32 Å². The maximum atomic E-state index is 12.6. The summed E-state index contributed by atoms with van der Waals surface area (Å²) >= 11 is 0. The molecule has 4 rings (SSSR count). The van der Waals surface area contributed by atoms with Crippen LogP contribution in [0.15, 0.2) is 53.1 Å². The summed E-state index contributed by atoms with van der Waals surface area (Å²) in [7, 11) is 0. The molecule has 0 bridgehead atoms. The van der Waals surface area contributed by atoms with E-state index in [1.165, 1.54) is 5.56 Å². The SMILES string of the molecule is Cc1nnc(-c2cn(CC(=O)Nc3ccc(C)c(C)c3)c3ccccc23)o1. The predicted molar refractivity (Wildman–Crippen MR) is 105 cm³/mol. The summed E-state index contributed by atoms with van der Waals surface area (Å²) in [6, 6.07) is 13.8. The van der Waals surface area contributed by atoms with Crippen LogP contribution in [0.4, 0.5) is 5.69 Å². The molecule has 0 aliphatic heterocycles. The molecule has 0 saturated carbocycles. The van der Waals surface area contributed by atoms with Gasteiger partial charge in [0.25, 0.3) is 0 Å². The molecule has 0 radical (unpaired) electrons. The number of para-hydroxylation sites is 1. The van der Waals surface area contributed by atoms with Crippen LogP contribution in [-0.4, -0.2) is 20.7 Å². The van der Waals surface area contributed by atoms with Crippen LogP contribution in [0.3, 0.4) is 0 Å². The third-order valence-corrected chi connectivity index (χ3v) is 4.65. The zero-order valence-electron chi connectivity index (χ0n) is 15.5. The lowest BCUT2D eigenvalue weighted by molar-refractivity contribution is -0.116. The highest BCUT2D eigenvalue weighted by molar-refractivity contribution is 5.96. The summed E-state index contributed by atoms with van der Waals surface area (Å²) in [5.41, 5.74) is 4.91. The van der Waals surface area contributed by atoms with Gasteiger partial charge in [0.15, 0.2) is 0 Å². The smallest absolute Gasteiger partial charge is 0.249 e. The largest absolute Gasteiger partial charge is 0.421 e. The molecule has 0 atom stereocenters. The molecule has 0 saturated heterocycles. The summed E-state index contributed by atoms with van der Waals surface area (Å²) in [6.45, 7) is 6.03. The molecule has 0 aliphatic rings. The first-order valence-electron chi connectivity index (χ1n) is 8.77. The molecule has 0 aliphatic carbocycles. The van der Waals surface area contributed by atoms with Crippen molar-refractivity contribution in [3.05, 3.63) is 65.7 Å². The van der Waals surface area contributed by atoms with Crippen LogP contribution in [0.2, 0.25) is 0 Å². The molecule has 2 aromatic carbocycles. The molecule has 27 heavy (non-hydrogen) atoms. The number of fused-ring (bicyclic) bond motifs is 1. The molecule has 2 aromatic heterocycles. The van der Waals surface area contributed by atoms with Gasteiger partial charge in [0.2, 0.25) is 17.7 Å². The maximum absolute atomic E-state index is 12.6. The molecule has 6 nitrogen and oxygen atoms in total. The van der Waals surface area contributed by atoms with E-state index in [2.05, 4.69) is 15.5 Å². The lowest BCUT2D eigenvalue weighted by atomic mass is 10.1. The summed E-state index contributed by atoms with van der Waals surface area (Å²) in [4.78, 5) is 12.6. The van der Waals surface area contributed by atoms with E-state index in [1.54, 1.807) is 6.92 Å². The van der Waals surface area contributed by atoms with E-state index < -0.39 is 0 Å². The lowest BCUT2D eigenvalue weighted by Gasteiger charge is -2.09. The van der Waals surface area contributed by atoms with Gasteiger partial charge in [0.05, 0.1) is 5.56 Å². The highest BCUT2D eigenvalue weighted by atomic mass is 16.4. The van der Waals surface area contributed by atoms with E-state index in [0.717, 1.165) is 27.7 Å². The first-order valence-corrected chi connectivity index (χ1v) is 8.77. The van der Waals surface area contributed by atoms with Gasteiger partial charge in [-0.25, -0.2) is 0 Å². The standard InChI is InChI=1S/C21H20N4O2/c1-13-8-9-16(10-14(13)2)22-20(26)12-25-11-18(21-24-23-15(3)27-21)17-6-4-5-7-19(17)25/h4-11H,12H2,1-3H3,(H,22,26). The zero-order valence-corrected chi connectivity index (χ0v) is 15.5. The molecule has 1 amide bonds. The number of hydrogen-bond donors (Lipinski definition) is 1. The Morgan fingerprint density at radius 2 is 1.89 bits per heavy atom. The van der Waals surface area contributed by atoms with Gasteiger partial charge in [-0.3, -0.25) is 4.79 Å². The van der Waals surface area contributed by atoms with Gasteiger partial charge < -0.3 is 14.3 Å². The number of carbonyl (C=O) groups excluding carboxylic acids is 1. The Hall–Kier alpha value is -3.41. The van der Waals surface area contributed by atoms with Crippen LogP contribution in [0, 0.1) is 20.8 Å². The number of anilines is 1. The normalized spacial score (nSPS) is 11.1. The predicted octanol–water partition coefficient (Wildman–Crippen LogP) is 4.26. The van der Waals surface area contributed by atoms with Crippen molar-refractivity contribution in [1.82, 2.24) is 14.8 Å². The first kappa shape index (κ1) is 17.0. The Bertz CT molecular complexity index is 1140. The maximum Gasteiger partial charge on any atom is 0.249 e. The number of aromatic nitrogens is 3. The molecule has 0 unspecified atom stereocenters. The highest BCUT2D eigenvalue weighted by Crippen LogP contribution is 2.29. The fourth-order valence-corrected chi connectivity index (χ4v) is 3.13. The van der Waals surface area contributed by atoms with Crippen molar-refractivity contribution in [2.75, 3.05) is 5.32 Å². The van der Waals surface area contributed by atoms with Gasteiger partial charge in [-0.15, -0.1) is 10.2 Å². The van der Waals surface area contributed by atoms with Crippen molar-refractivity contribution in [2.45, 2.75) is 27.3 Å². The number of hydrogen-bond acceptors (Lipinski definition) is 4. The topological polar surface area (TPSA) is 73.0 Å². The van der Waals surface area contributed by atoms with Crippen molar-refractivity contribution in [1.29, 1.82) is 0 Å². The minimum atomic E-state index is -0.0905. The number of amides is 1. The van der Waals surface area contributed by atoms with Crippen LogP contribution in [0.5, 0.6) is 0 Å². The Balaban J connectivity index is 1.63. The molecule has 0 fully saturated rings. The molecule has 4 aromatic rings. The van der Waals surface area contributed by atoms with Crippen LogP contribution in [-0.2, 0) is 11.3 Å². The Morgan fingerprint density at radius 3 is 2.63 bits per heavy atom. The number of nitrogens with one attached hydrogen (secondary N) is 1. The Labute approximate surface area is 156 Å². The monoisotopic (exact) mass is 360 g/mol. The van der Waals surface area contributed by atoms with Gasteiger partial charge >= 0.3 is 0 Å². The van der Waals surface area contributed by atoms with Gasteiger partial charge in [-0.05, 0) is 43.2 Å². The Morgan fingerprint density at radius 1 is 1.07 bits per heavy atom.